The van der Waals surface area contributed by atoms with E-state index < -0.39 is 17.4 Å². The zero-order valence-electron chi connectivity index (χ0n) is 15.6. The fourth-order valence-corrected chi connectivity index (χ4v) is 4.08. The number of Topliss-reactive ketones (excluding diaryl/α,β-unsaturated/α-hetero) is 1. The van der Waals surface area contributed by atoms with Gasteiger partial charge in [0.15, 0.2) is 5.41 Å². The molecule has 1 saturated carbocycles. The number of ketones is 1. The van der Waals surface area contributed by atoms with E-state index >= 15 is 0 Å². The monoisotopic (exact) mass is 348 g/mol. The highest BCUT2D eigenvalue weighted by Crippen LogP contribution is 2.57. The quantitative estimate of drug-likeness (QED) is 0.401. The molecule has 0 aliphatic heterocycles. The predicted molar refractivity (Wildman–Crippen MR) is 93.7 cm³/mol. The molecule has 25 heavy (non-hydrogen) atoms. The number of fused-ring (bicyclic) bond motifs is 1. The van der Waals surface area contributed by atoms with Crippen LogP contribution < -0.4 is 0 Å². The van der Waals surface area contributed by atoms with Crippen molar-refractivity contribution in [3.05, 3.63) is 23.3 Å². The summed E-state index contributed by atoms with van der Waals surface area (Å²) < 4.78 is 10.6. The molecule has 2 aliphatic carbocycles. The van der Waals surface area contributed by atoms with Crippen molar-refractivity contribution in [2.75, 3.05) is 13.2 Å². The van der Waals surface area contributed by atoms with Crippen molar-refractivity contribution in [1.82, 2.24) is 0 Å². The van der Waals surface area contributed by atoms with Gasteiger partial charge in [0.1, 0.15) is 5.78 Å². The van der Waals surface area contributed by atoms with Gasteiger partial charge in [0.05, 0.1) is 13.2 Å². The first-order valence-electron chi connectivity index (χ1n) is 9.07. The zero-order chi connectivity index (χ0) is 18.6. The highest BCUT2D eigenvalue weighted by molar-refractivity contribution is 6.02. The number of allylic oxidation sites excluding steroid dienone is 4. The summed E-state index contributed by atoms with van der Waals surface area (Å²) in [6, 6.07) is 0. The molecule has 5 nitrogen and oxygen atoms in total. The van der Waals surface area contributed by atoms with Crippen LogP contribution in [0.15, 0.2) is 23.3 Å². The molecule has 0 amide bonds. The molecule has 2 rings (SSSR count). The number of ether oxygens (including phenoxy) is 2. The second kappa shape index (κ2) is 7.98. The third-order valence-electron chi connectivity index (χ3n) is 5.35. The van der Waals surface area contributed by atoms with Gasteiger partial charge in [0.2, 0.25) is 0 Å². The van der Waals surface area contributed by atoms with E-state index in [1.165, 1.54) is 0 Å². The van der Waals surface area contributed by atoms with Crippen LogP contribution in [0.3, 0.4) is 0 Å². The highest BCUT2D eigenvalue weighted by Gasteiger charge is 2.62. The third-order valence-corrected chi connectivity index (χ3v) is 5.35. The zero-order valence-corrected chi connectivity index (χ0v) is 15.6. The van der Waals surface area contributed by atoms with Gasteiger partial charge in [-0.05, 0) is 52.9 Å². The minimum atomic E-state index is -1.27. The van der Waals surface area contributed by atoms with Gasteiger partial charge in [0, 0.05) is 12.3 Å². The van der Waals surface area contributed by atoms with Gasteiger partial charge in [-0.25, -0.2) is 0 Å². The molecule has 138 valence electrons. The molecule has 2 aliphatic rings. The molecule has 1 fully saturated rings. The second-order valence-electron chi connectivity index (χ2n) is 6.89. The van der Waals surface area contributed by atoms with Crippen LogP contribution in [-0.2, 0) is 23.9 Å². The lowest BCUT2D eigenvalue weighted by Crippen LogP contribution is -2.45. The fourth-order valence-electron chi connectivity index (χ4n) is 4.08. The number of hydrogen-bond acceptors (Lipinski definition) is 5. The third kappa shape index (κ3) is 3.55. The van der Waals surface area contributed by atoms with Crippen LogP contribution in [0.1, 0.15) is 53.4 Å². The van der Waals surface area contributed by atoms with Crippen molar-refractivity contribution < 1.29 is 23.9 Å². The van der Waals surface area contributed by atoms with E-state index in [1.807, 2.05) is 13.0 Å². The summed E-state index contributed by atoms with van der Waals surface area (Å²) in [4.78, 5) is 37.0. The van der Waals surface area contributed by atoms with E-state index in [1.54, 1.807) is 20.8 Å². The molecular formula is C20H28O5. The lowest BCUT2D eigenvalue weighted by atomic mass is 9.75. The fraction of sp³-hybridized carbons (Fsp3) is 0.650. The molecule has 0 aromatic carbocycles. The smallest absolute Gasteiger partial charge is 0.324 e. The summed E-state index contributed by atoms with van der Waals surface area (Å²) in [5, 5.41) is 0. The van der Waals surface area contributed by atoms with Crippen LogP contribution in [0.2, 0.25) is 0 Å². The maximum absolute atomic E-state index is 12.8. The van der Waals surface area contributed by atoms with E-state index in [4.69, 9.17) is 9.47 Å². The van der Waals surface area contributed by atoms with Crippen LogP contribution in [0.5, 0.6) is 0 Å². The number of carbonyl (C=O) groups is 3. The van der Waals surface area contributed by atoms with E-state index in [9.17, 15) is 14.4 Å². The first kappa shape index (κ1) is 19.4. The molecule has 0 saturated heterocycles. The summed E-state index contributed by atoms with van der Waals surface area (Å²) in [5.74, 6) is -0.949. The number of carbonyl (C=O) groups excluding carboxylic acids is 3. The summed E-state index contributed by atoms with van der Waals surface area (Å²) in [6.45, 7) is 7.51. The van der Waals surface area contributed by atoms with E-state index in [2.05, 4.69) is 6.08 Å². The Morgan fingerprint density at radius 3 is 2.20 bits per heavy atom. The van der Waals surface area contributed by atoms with Gasteiger partial charge in [-0.15, -0.1) is 0 Å². The average Bonchev–Trinajstić information content (AvgIpc) is 3.14. The van der Waals surface area contributed by atoms with Crippen molar-refractivity contribution in [1.29, 1.82) is 0 Å². The van der Waals surface area contributed by atoms with Gasteiger partial charge < -0.3 is 14.3 Å². The van der Waals surface area contributed by atoms with Gasteiger partial charge >= 0.3 is 11.9 Å². The van der Waals surface area contributed by atoms with Gasteiger partial charge in [0.25, 0.3) is 0 Å². The average molecular weight is 348 g/mol. The van der Waals surface area contributed by atoms with Crippen molar-refractivity contribution in [2.45, 2.75) is 53.4 Å². The lowest BCUT2D eigenvalue weighted by Gasteiger charge is -2.29. The maximum atomic E-state index is 12.8. The molecule has 5 heteroatoms. The van der Waals surface area contributed by atoms with Crippen molar-refractivity contribution in [3.8, 4) is 0 Å². The standard InChI is InChI=1S/C20H28O5/c1-5-24-18(22)20(19(23)25-6-2)12-16(13(3)10-11-14(4)21)15-8-7-9-17(15)20/h7-8,15,17H,5-6,9-12H2,1-4H3/b16-13-/t15-,17-/m1/s1. The first-order chi connectivity index (χ1) is 11.9. The van der Waals surface area contributed by atoms with Crippen LogP contribution in [-0.4, -0.2) is 30.9 Å². The van der Waals surface area contributed by atoms with Crippen LogP contribution in [0.4, 0.5) is 0 Å². The molecular weight excluding hydrogens is 320 g/mol. The summed E-state index contributed by atoms with van der Waals surface area (Å²) in [7, 11) is 0. The molecule has 0 radical (unpaired) electrons. The summed E-state index contributed by atoms with van der Waals surface area (Å²) in [6.07, 6.45) is 6.23. The lowest BCUT2D eigenvalue weighted by molar-refractivity contribution is -0.175. The molecule has 2 atom stereocenters. The van der Waals surface area contributed by atoms with Crippen molar-refractivity contribution in [2.24, 2.45) is 17.3 Å². The van der Waals surface area contributed by atoms with Crippen molar-refractivity contribution in [3.63, 3.8) is 0 Å². The molecule has 0 N–H and O–H groups in total. The molecule has 0 aromatic rings. The highest BCUT2D eigenvalue weighted by atomic mass is 16.6. The number of hydrogen-bond donors (Lipinski definition) is 0. The first-order valence-corrected chi connectivity index (χ1v) is 9.07. The molecule has 0 bridgehead atoms. The van der Waals surface area contributed by atoms with Crippen LogP contribution in [0, 0.1) is 17.3 Å². The minimum Gasteiger partial charge on any atom is -0.465 e. The number of esters is 2. The Bertz CT molecular complexity index is 596. The van der Waals surface area contributed by atoms with Gasteiger partial charge in [-0.2, -0.15) is 0 Å². The van der Waals surface area contributed by atoms with E-state index in [0.29, 0.717) is 25.7 Å². The van der Waals surface area contributed by atoms with Gasteiger partial charge in [-0.1, -0.05) is 23.3 Å². The molecule has 0 heterocycles. The van der Waals surface area contributed by atoms with E-state index in [0.717, 1.165) is 11.1 Å². The van der Waals surface area contributed by atoms with Crippen molar-refractivity contribution >= 4 is 17.7 Å². The Labute approximate surface area is 149 Å². The normalized spacial score (nSPS) is 25.4. The van der Waals surface area contributed by atoms with Crippen LogP contribution >= 0.6 is 0 Å². The Hall–Kier alpha value is -1.91. The van der Waals surface area contributed by atoms with Gasteiger partial charge in [-0.3, -0.25) is 9.59 Å². The molecule has 0 unspecified atom stereocenters. The Kier molecular flexibility index (Phi) is 6.20. The Balaban J connectivity index is 2.44. The minimum absolute atomic E-state index is 0.0424. The maximum Gasteiger partial charge on any atom is 0.324 e. The summed E-state index contributed by atoms with van der Waals surface area (Å²) in [5.41, 5.74) is 0.904. The molecule has 0 spiro atoms. The topological polar surface area (TPSA) is 69.7 Å². The summed E-state index contributed by atoms with van der Waals surface area (Å²) >= 11 is 0. The largest absolute Gasteiger partial charge is 0.465 e. The Morgan fingerprint density at radius 1 is 1.08 bits per heavy atom. The Morgan fingerprint density at radius 2 is 1.68 bits per heavy atom. The SMILES string of the molecule is CCOC(=O)C1(C(=O)OCC)C/C(=C(\C)CCC(C)=O)[C@H]2C=CC[C@H]21. The molecule has 0 aromatic heterocycles. The predicted octanol–water partition coefficient (Wildman–Crippen LogP) is 3.38. The second-order valence-corrected chi connectivity index (χ2v) is 6.89. The van der Waals surface area contributed by atoms with E-state index in [-0.39, 0.29) is 30.8 Å². The number of rotatable bonds is 7. The van der Waals surface area contributed by atoms with Crippen LogP contribution in [0.25, 0.3) is 0 Å².